The lowest BCUT2D eigenvalue weighted by Gasteiger charge is -2.07. The molecule has 112 valence electrons. The van der Waals surface area contributed by atoms with E-state index < -0.39 is 21.7 Å². The van der Waals surface area contributed by atoms with Gasteiger partial charge in [-0.05, 0) is 32.0 Å². The molecule has 1 aromatic heterocycles. The SMILES string of the molecule is Cc1nc(C)c(C(=O)Nc2cc(S(N)(=O)=O)ccc2F)s1. The van der Waals surface area contributed by atoms with Crippen LogP contribution in [-0.2, 0) is 10.0 Å². The summed E-state index contributed by atoms with van der Waals surface area (Å²) in [6.45, 7) is 3.41. The number of primary sulfonamides is 1. The fourth-order valence-electron chi connectivity index (χ4n) is 1.70. The highest BCUT2D eigenvalue weighted by Gasteiger charge is 2.17. The average molecular weight is 329 g/mol. The maximum absolute atomic E-state index is 13.7. The lowest BCUT2D eigenvalue weighted by molar-refractivity contribution is 0.102. The van der Waals surface area contributed by atoms with Crippen LogP contribution in [0.15, 0.2) is 23.1 Å². The summed E-state index contributed by atoms with van der Waals surface area (Å²) in [5, 5.41) is 8.01. The summed E-state index contributed by atoms with van der Waals surface area (Å²) >= 11 is 1.17. The summed E-state index contributed by atoms with van der Waals surface area (Å²) in [5.74, 6) is -1.31. The van der Waals surface area contributed by atoms with E-state index >= 15 is 0 Å². The number of nitrogens with one attached hydrogen (secondary N) is 1. The minimum absolute atomic E-state index is 0.253. The zero-order valence-corrected chi connectivity index (χ0v) is 12.8. The molecule has 3 N–H and O–H groups in total. The maximum atomic E-state index is 13.7. The van der Waals surface area contributed by atoms with Gasteiger partial charge in [0.25, 0.3) is 5.91 Å². The Bertz CT molecular complexity index is 815. The molecule has 9 heteroatoms. The predicted molar refractivity (Wildman–Crippen MR) is 77.3 cm³/mol. The fourth-order valence-corrected chi connectivity index (χ4v) is 3.05. The van der Waals surface area contributed by atoms with Crippen molar-refractivity contribution in [1.82, 2.24) is 4.98 Å². The first kappa shape index (κ1) is 15.5. The number of hydrogen-bond acceptors (Lipinski definition) is 5. The minimum Gasteiger partial charge on any atom is -0.319 e. The molecular formula is C12H12FN3O3S2. The number of aromatic nitrogens is 1. The van der Waals surface area contributed by atoms with Crippen LogP contribution >= 0.6 is 11.3 Å². The van der Waals surface area contributed by atoms with Crippen LogP contribution < -0.4 is 10.5 Å². The van der Waals surface area contributed by atoms with Crippen LogP contribution in [0.2, 0.25) is 0 Å². The van der Waals surface area contributed by atoms with E-state index in [0.717, 1.165) is 18.2 Å². The van der Waals surface area contributed by atoms with Crippen LogP contribution in [-0.4, -0.2) is 19.3 Å². The third kappa shape index (κ3) is 3.43. The normalized spacial score (nSPS) is 11.4. The van der Waals surface area contributed by atoms with Gasteiger partial charge in [0.05, 0.1) is 21.3 Å². The van der Waals surface area contributed by atoms with Crippen molar-refractivity contribution in [3.63, 3.8) is 0 Å². The summed E-state index contributed by atoms with van der Waals surface area (Å²) in [6.07, 6.45) is 0. The number of hydrogen-bond donors (Lipinski definition) is 2. The number of thiazole rings is 1. The largest absolute Gasteiger partial charge is 0.319 e. The number of benzene rings is 1. The number of sulfonamides is 1. The molecule has 6 nitrogen and oxygen atoms in total. The molecule has 21 heavy (non-hydrogen) atoms. The van der Waals surface area contributed by atoms with Gasteiger partial charge in [0.2, 0.25) is 10.0 Å². The first-order valence-corrected chi connectivity index (χ1v) is 8.12. The molecule has 0 aliphatic heterocycles. The van der Waals surface area contributed by atoms with E-state index in [2.05, 4.69) is 10.3 Å². The number of nitrogens with two attached hydrogens (primary N) is 1. The van der Waals surface area contributed by atoms with Crippen molar-refractivity contribution in [1.29, 1.82) is 0 Å². The molecule has 0 atom stereocenters. The standard InChI is InChI=1S/C12H12FN3O3S2/c1-6-11(20-7(2)15-6)12(17)16-10-5-8(21(14,18)19)3-4-9(10)13/h3-5H,1-2H3,(H,16,17)(H2,14,18,19). The van der Waals surface area contributed by atoms with Gasteiger partial charge in [-0.15, -0.1) is 11.3 Å². The van der Waals surface area contributed by atoms with Gasteiger partial charge in [0.1, 0.15) is 10.7 Å². The van der Waals surface area contributed by atoms with E-state index in [0.29, 0.717) is 15.6 Å². The van der Waals surface area contributed by atoms with Crippen molar-refractivity contribution in [3.05, 3.63) is 39.6 Å². The van der Waals surface area contributed by atoms with Crippen LogP contribution in [0.4, 0.5) is 10.1 Å². The van der Waals surface area contributed by atoms with E-state index in [1.807, 2.05) is 0 Å². The first-order valence-electron chi connectivity index (χ1n) is 5.76. The fraction of sp³-hybridized carbons (Fsp3) is 0.167. The summed E-state index contributed by atoms with van der Waals surface area (Å²) in [5.41, 5.74) is 0.273. The molecule has 0 radical (unpaired) electrons. The number of amides is 1. The molecule has 0 saturated heterocycles. The van der Waals surface area contributed by atoms with Crippen molar-refractivity contribution in [2.24, 2.45) is 5.14 Å². The Morgan fingerprint density at radius 3 is 2.57 bits per heavy atom. The highest BCUT2D eigenvalue weighted by molar-refractivity contribution is 7.89. The Labute approximate surface area is 124 Å². The van der Waals surface area contributed by atoms with Gasteiger partial charge in [-0.3, -0.25) is 4.79 Å². The second kappa shape index (κ2) is 5.51. The van der Waals surface area contributed by atoms with Crippen LogP contribution in [0, 0.1) is 19.7 Å². The number of halogens is 1. The number of nitrogens with zero attached hydrogens (tertiary/aromatic N) is 1. The molecule has 0 saturated carbocycles. The van der Waals surface area contributed by atoms with Crippen LogP contribution in [0.25, 0.3) is 0 Å². The van der Waals surface area contributed by atoms with Crippen LogP contribution in [0.3, 0.4) is 0 Å². The molecule has 0 aliphatic carbocycles. The van der Waals surface area contributed by atoms with Gasteiger partial charge in [0.15, 0.2) is 0 Å². The molecule has 0 unspecified atom stereocenters. The van der Waals surface area contributed by atoms with Crippen molar-refractivity contribution in [2.45, 2.75) is 18.7 Å². The lowest BCUT2D eigenvalue weighted by Crippen LogP contribution is -2.15. The number of carbonyl (C=O) groups excluding carboxylic acids is 1. The van der Waals surface area contributed by atoms with Crippen molar-refractivity contribution in [2.75, 3.05) is 5.32 Å². The summed E-state index contributed by atoms with van der Waals surface area (Å²) in [4.78, 5) is 16.2. The third-order valence-corrected chi connectivity index (χ3v) is 4.61. The second-order valence-electron chi connectivity index (χ2n) is 4.29. The van der Waals surface area contributed by atoms with E-state index in [1.54, 1.807) is 13.8 Å². The Morgan fingerprint density at radius 1 is 1.38 bits per heavy atom. The number of anilines is 1. The van der Waals surface area contributed by atoms with Crippen LogP contribution in [0.5, 0.6) is 0 Å². The molecule has 0 bridgehead atoms. The van der Waals surface area contributed by atoms with Gasteiger partial charge in [-0.1, -0.05) is 0 Å². The van der Waals surface area contributed by atoms with Crippen molar-refractivity contribution < 1.29 is 17.6 Å². The smallest absolute Gasteiger partial charge is 0.267 e. The quantitative estimate of drug-likeness (QED) is 0.896. The monoisotopic (exact) mass is 329 g/mol. The predicted octanol–water partition coefficient (Wildman–Crippen LogP) is 1.80. The Balaban J connectivity index is 2.35. The van der Waals surface area contributed by atoms with E-state index in [-0.39, 0.29) is 10.6 Å². The Morgan fingerprint density at radius 2 is 2.05 bits per heavy atom. The van der Waals surface area contributed by atoms with Gasteiger partial charge in [0, 0.05) is 0 Å². The highest BCUT2D eigenvalue weighted by atomic mass is 32.2. The molecule has 0 fully saturated rings. The van der Waals surface area contributed by atoms with Gasteiger partial charge in [-0.25, -0.2) is 22.9 Å². The van der Waals surface area contributed by atoms with Gasteiger partial charge < -0.3 is 5.32 Å². The first-order chi connectivity index (χ1) is 9.68. The molecule has 2 rings (SSSR count). The molecule has 0 aliphatic rings. The molecule has 1 amide bonds. The summed E-state index contributed by atoms with van der Waals surface area (Å²) in [6, 6.07) is 2.94. The average Bonchev–Trinajstić information content (AvgIpc) is 2.70. The minimum atomic E-state index is -3.97. The molecule has 1 aromatic carbocycles. The van der Waals surface area contributed by atoms with Gasteiger partial charge in [-0.2, -0.15) is 0 Å². The van der Waals surface area contributed by atoms with E-state index in [4.69, 9.17) is 5.14 Å². The van der Waals surface area contributed by atoms with Gasteiger partial charge >= 0.3 is 0 Å². The van der Waals surface area contributed by atoms with Crippen molar-refractivity contribution in [3.8, 4) is 0 Å². The highest BCUT2D eigenvalue weighted by Crippen LogP contribution is 2.22. The zero-order valence-electron chi connectivity index (χ0n) is 11.2. The number of rotatable bonds is 3. The second-order valence-corrected chi connectivity index (χ2v) is 7.05. The van der Waals surface area contributed by atoms with E-state index in [1.165, 1.54) is 11.3 Å². The zero-order chi connectivity index (χ0) is 15.8. The number of aryl methyl sites for hydroxylation is 2. The third-order valence-electron chi connectivity index (χ3n) is 2.62. The Kier molecular flexibility index (Phi) is 4.08. The number of carbonyl (C=O) groups is 1. The molecule has 0 spiro atoms. The maximum Gasteiger partial charge on any atom is 0.267 e. The molecular weight excluding hydrogens is 317 g/mol. The molecule has 1 heterocycles. The van der Waals surface area contributed by atoms with Crippen LogP contribution in [0.1, 0.15) is 20.4 Å². The lowest BCUT2D eigenvalue weighted by atomic mass is 10.3. The Hall–Kier alpha value is -1.84. The molecule has 2 aromatic rings. The van der Waals surface area contributed by atoms with E-state index in [9.17, 15) is 17.6 Å². The topological polar surface area (TPSA) is 102 Å². The summed E-state index contributed by atoms with van der Waals surface area (Å²) in [7, 11) is -3.97. The summed E-state index contributed by atoms with van der Waals surface area (Å²) < 4.78 is 36.2. The van der Waals surface area contributed by atoms with Crippen molar-refractivity contribution >= 4 is 33.0 Å².